The molecule has 0 saturated heterocycles. The third-order valence-electron chi connectivity index (χ3n) is 1.57. The first-order valence-electron chi connectivity index (χ1n) is 3.67. The molecule has 0 aliphatic rings. The molecule has 0 aromatic rings. The molecule has 0 aliphatic heterocycles. The maximum atomic E-state index is 10.0. The second-order valence-electron chi connectivity index (χ2n) is 2.53. The number of rotatable bonds is 4. The molecule has 0 radical (unpaired) electrons. The van der Waals surface area contributed by atoms with Gasteiger partial charge in [-0.3, -0.25) is 0 Å². The minimum Gasteiger partial charge on any atom is -0.478 e. The summed E-state index contributed by atoms with van der Waals surface area (Å²) in [7, 11) is 0. The third-order valence-corrected chi connectivity index (χ3v) is 1.57. The Labute approximate surface area is 66.4 Å². The number of carboxylic acids is 1. The summed E-state index contributed by atoms with van der Waals surface area (Å²) in [5.41, 5.74) is 0. The van der Waals surface area contributed by atoms with Crippen LogP contribution in [0.25, 0.3) is 0 Å². The van der Waals surface area contributed by atoms with Crippen molar-refractivity contribution in [3.8, 4) is 0 Å². The Morgan fingerprint density at radius 3 is 2.55 bits per heavy atom. The summed E-state index contributed by atoms with van der Waals surface area (Å²) < 4.78 is 0. The molecule has 3 heteroatoms. The summed E-state index contributed by atoms with van der Waals surface area (Å²) in [6.45, 7) is 3.64. The number of carboxylic acid groups (broad SMARTS) is 1. The van der Waals surface area contributed by atoms with Crippen LogP contribution in [0.15, 0.2) is 12.2 Å². The van der Waals surface area contributed by atoms with Crippen molar-refractivity contribution in [2.45, 2.75) is 26.4 Å². The molecule has 0 aliphatic carbocycles. The van der Waals surface area contributed by atoms with Gasteiger partial charge in [-0.25, -0.2) is 4.79 Å². The Balaban J connectivity index is 3.85. The van der Waals surface area contributed by atoms with Gasteiger partial charge < -0.3 is 10.2 Å². The van der Waals surface area contributed by atoms with Crippen LogP contribution in [0.5, 0.6) is 0 Å². The topological polar surface area (TPSA) is 57.5 Å². The molecular weight excluding hydrogens is 144 g/mol. The van der Waals surface area contributed by atoms with E-state index in [1.165, 1.54) is 6.08 Å². The zero-order valence-electron chi connectivity index (χ0n) is 6.82. The molecule has 0 spiro atoms. The van der Waals surface area contributed by atoms with Crippen molar-refractivity contribution in [2.24, 2.45) is 5.92 Å². The number of aliphatic carboxylic acids is 1. The lowest BCUT2D eigenvalue weighted by molar-refractivity contribution is -0.131. The highest BCUT2D eigenvalue weighted by atomic mass is 16.4. The lowest BCUT2D eigenvalue weighted by Crippen LogP contribution is -2.14. The zero-order valence-corrected chi connectivity index (χ0v) is 6.82. The maximum absolute atomic E-state index is 10.0. The van der Waals surface area contributed by atoms with Gasteiger partial charge in [0.2, 0.25) is 0 Å². The van der Waals surface area contributed by atoms with Crippen molar-refractivity contribution >= 4 is 5.97 Å². The number of aliphatic hydroxyl groups is 1. The van der Waals surface area contributed by atoms with Gasteiger partial charge in [-0.15, -0.1) is 0 Å². The molecule has 2 N–H and O–H groups in total. The average molecular weight is 158 g/mol. The second kappa shape index (κ2) is 4.91. The van der Waals surface area contributed by atoms with E-state index in [1.54, 1.807) is 6.92 Å². The van der Waals surface area contributed by atoms with E-state index in [2.05, 4.69) is 0 Å². The fourth-order valence-corrected chi connectivity index (χ4v) is 0.734. The van der Waals surface area contributed by atoms with Crippen molar-refractivity contribution in [3.05, 3.63) is 12.2 Å². The van der Waals surface area contributed by atoms with E-state index in [9.17, 15) is 9.90 Å². The van der Waals surface area contributed by atoms with Crippen LogP contribution in [0.2, 0.25) is 0 Å². The Morgan fingerprint density at radius 2 is 2.18 bits per heavy atom. The first-order valence-corrected chi connectivity index (χ1v) is 3.67. The largest absolute Gasteiger partial charge is 0.478 e. The predicted octanol–water partition coefficient (Wildman–Crippen LogP) is 1.03. The molecule has 2 atom stereocenters. The fraction of sp³-hybridized carbons (Fsp3) is 0.625. The molecule has 0 rings (SSSR count). The van der Waals surface area contributed by atoms with Crippen molar-refractivity contribution in [1.82, 2.24) is 0 Å². The van der Waals surface area contributed by atoms with Crippen molar-refractivity contribution < 1.29 is 15.0 Å². The normalized spacial score (nSPS) is 16.6. The number of hydrogen-bond donors (Lipinski definition) is 2. The summed E-state index contributed by atoms with van der Waals surface area (Å²) in [6.07, 6.45) is 2.76. The molecule has 3 nitrogen and oxygen atoms in total. The fourth-order valence-electron chi connectivity index (χ4n) is 0.734. The van der Waals surface area contributed by atoms with Crippen LogP contribution in [0.4, 0.5) is 0 Å². The van der Waals surface area contributed by atoms with E-state index >= 15 is 0 Å². The Hall–Kier alpha value is -0.830. The molecule has 0 amide bonds. The van der Waals surface area contributed by atoms with Crippen LogP contribution in [0.1, 0.15) is 20.3 Å². The van der Waals surface area contributed by atoms with Gasteiger partial charge in [-0.05, 0) is 6.42 Å². The minimum atomic E-state index is -0.972. The molecule has 0 saturated carbocycles. The van der Waals surface area contributed by atoms with Crippen LogP contribution in [0.3, 0.4) is 0 Å². The van der Waals surface area contributed by atoms with Gasteiger partial charge >= 0.3 is 5.97 Å². The summed E-state index contributed by atoms with van der Waals surface area (Å²) in [6, 6.07) is 0. The first-order chi connectivity index (χ1) is 5.07. The van der Waals surface area contributed by atoms with Gasteiger partial charge in [0.25, 0.3) is 0 Å². The van der Waals surface area contributed by atoms with Gasteiger partial charge in [-0.2, -0.15) is 0 Å². The summed E-state index contributed by atoms with van der Waals surface area (Å²) in [5, 5.41) is 17.4. The molecular formula is C8H14O3. The second-order valence-corrected chi connectivity index (χ2v) is 2.53. The van der Waals surface area contributed by atoms with E-state index < -0.39 is 12.1 Å². The lowest BCUT2D eigenvalue weighted by atomic mass is 10.0. The predicted molar refractivity (Wildman–Crippen MR) is 42.2 cm³/mol. The molecule has 0 heterocycles. The van der Waals surface area contributed by atoms with E-state index in [1.807, 2.05) is 6.92 Å². The monoisotopic (exact) mass is 158 g/mol. The summed E-state index contributed by atoms with van der Waals surface area (Å²) >= 11 is 0. The van der Waals surface area contributed by atoms with Crippen molar-refractivity contribution in [1.29, 1.82) is 0 Å². The quantitative estimate of drug-likeness (QED) is 0.601. The molecule has 2 unspecified atom stereocenters. The number of aliphatic hydroxyl groups excluding tert-OH is 1. The first kappa shape index (κ1) is 10.2. The molecule has 11 heavy (non-hydrogen) atoms. The van der Waals surface area contributed by atoms with Crippen LogP contribution < -0.4 is 0 Å². The van der Waals surface area contributed by atoms with Crippen LogP contribution in [-0.4, -0.2) is 22.3 Å². The molecule has 0 bridgehead atoms. The maximum Gasteiger partial charge on any atom is 0.327 e. The minimum absolute atomic E-state index is 0.0869. The van der Waals surface area contributed by atoms with E-state index in [4.69, 9.17) is 5.11 Å². The van der Waals surface area contributed by atoms with Gasteiger partial charge in [0, 0.05) is 12.0 Å². The molecule has 0 aromatic carbocycles. The molecule has 64 valence electrons. The Bertz CT molecular complexity index is 151. The van der Waals surface area contributed by atoms with Crippen LogP contribution in [-0.2, 0) is 4.79 Å². The number of hydrogen-bond acceptors (Lipinski definition) is 2. The van der Waals surface area contributed by atoms with Crippen molar-refractivity contribution in [3.63, 3.8) is 0 Å². The molecule has 0 aromatic heterocycles. The van der Waals surface area contributed by atoms with E-state index in [0.717, 1.165) is 6.08 Å². The Kier molecular flexibility index (Phi) is 4.54. The number of carbonyl (C=O) groups is 1. The third kappa shape index (κ3) is 4.56. The van der Waals surface area contributed by atoms with Gasteiger partial charge in [0.05, 0.1) is 6.10 Å². The van der Waals surface area contributed by atoms with Gasteiger partial charge in [0.1, 0.15) is 0 Å². The van der Waals surface area contributed by atoms with Crippen LogP contribution >= 0.6 is 0 Å². The van der Waals surface area contributed by atoms with E-state index in [0.29, 0.717) is 6.42 Å². The smallest absolute Gasteiger partial charge is 0.327 e. The van der Waals surface area contributed by atoms with Crippen LogP contribution in [0, 0.1) is 5.92 Å². The summed E-state index contributed by atoms with van der Waals surface area (Å²) in [4.78, 5) is 10.0. The lowest BCUT2D eigenvalue weighted by Gasteiger charge is -2.11. The van der Waals surface area contributed by atoms with E-state index in [-0.39, 0.29) is 5.92 Å². The highest BCUT2D eigenvalue weighted by Gasteiger charge is 2.07. The standard InChI is InChI=1S/C8H14O3/c1-3-7(9)6(2)4-5-8(10)11/h4-7,9H,3H2,1-2H3,(H,10,11)/b5-4+. The Morgan fingerprint density at radius 1 is 1.64 bits per heavy atom. The highest BCUT2D eigenvalue weighted by Crippen LogP contribution is 2.07. The van der Waals surface area contributed by atoms with Gasteiger partial charge in [-0.1, -0.05) is 19.9 Å². The summed E-state index contributed by atoms with van der Waals surface area (Å²) in [5.74, 6) is -1.06. The average Bonchev–Trinajstić information content (AvgIpc) is 1.98. The zero-order chi connectivity index (χ0) is 8.85. The SMILES string of the molecule is CCC(O)C(C)/C=C/C(=O)O. The highest BCUT2D eigenvalue weighted by molar-refractivity contribution is 5.79. The van der Waals surface area contributed by atoms with Gasteiger partial charge in [0.15, 0.2) is 0 Å². The molecule has 0 fully saturated rings. The van der Waals surface area contributed by atoms with Crippen molar-refractivity contribution in [2.75, 3.05) is 0 Å².